The van der Waals surface area contributed by atoms with E-state index in [0.717, 1.165) is 12.0 Å². The van der Waals surface area contributed by atoms with Crippen LogP contribution in [0.5, 0.6) is 0 Å². The van der Waals surface area contributed by atoms with Crippen molar-refractivity contribution in [3.05, 3.63) is 34.6 Å². The van der Waals surface area contributed by atoms with E-state index < -0.39 is 0 Å². The van der Waals surface area contributed by atoms with Gasteiger partial charge in [-0.3, -0.25) is 0 Å². The first-order valence-electron chi connectivity index (χ1n) is 6.37. The van der Waals surface area contributed by atoms with Crippen molar-refractivity contribution in [3.63, 3.8) is 0 Å². The molecular weight excluding hydrogens is 237 g/mol. The summed E-state index contributed by atoms with van der Waals surface area (Å²) in [6.07, 6.45) is 7.36. The van der Waals surface area contributed by atoms with Gasteiger partial charge in [0.1, 0.15) is 5.82 Å². The first-order chi connectivity index (χ1) is 8.16. The van der Waals surface area contributed by atoms with Crippen LogP contribution in [0.3, 0.4) is 0 Å². The van der Waals surface area contributed by atoms with Gasteiger partial charge in [-0.15, -0.1) is 0 Å². The molecule has 0 aromatic heterocycles. The number of rotatable bonds is 3. The predicted octanol–water partition coefficient (Wildman–Crippen LogP) is 4.45. The summed E-state index contributed by atoms with van der Waals surface area (Å²) in [5.74, 6) is 0.418. The molecule has 94 valence electrons. The Balaban J connectivity index is 2.02. The largest absolute Gasteiger partial charge is 0.324 e. The van der Waals surface area contributed by atoms with Gasteiger partial charge in [0, 0.05) is 11.1 Å². The van der Waals surface area contributed by atoms with Crippen molar-refractivity contribution in [1.29, 1.82) is 0 Å². The van der Waals surface area contributed by atoms with Crippen LogP contribution in [0.2, 0.25) is 5.02 Å². The SMILES string of the molecule is NC(CC1CCCCC1)c1cc(F)ccc1Cl. The van der Waals surface area contributed by atoms with E-state index in [1.165, 1.54) is 44.2 Å². The third-order valence-electron chi connectivity index (χ3n) is 3.67. The van der Waals surface area contributed by atoms with Crippen molar-refractivity contribution >= 4 is 11.6 Å². The number of hydrogen-bond acceptors (Lipinski definition) is 1. The topological polar surface area (TPSA) is 26.0 Å². The first-order valence-corrected chi connectivity index (χ1v) is 6.75. The summed E-state index contributed by atoms with van der Waals surface area (Å²) in [6, 6.07) is 4.29. The summed E-state index contributed by atoms with van der Waals surface area (Å²) < 4.78 is 13.2. The molecule has 1 unspecified atom stereocenters. The van der Waals surface area contributed by atoms with Crippen molar-refractivity contribution in [2.45, 2.75) is 44.6 Å². The summed E-state index contributed by atoms with van der Waals surface area (Å²) in [4.78, 5) is 0. The van der Waals surface area contributed by atoms with Crippen molar-refractivity contribution in [2.24, 2.45) is 11.7 Å². The monoisotopic (exact) mass is 255 g/mol. The molecule has 1 nitrogen and oxygen atoms in total. The van der Waals surface area contributed by atoms with Gasteiger partial charge in [-0.05, 0) is 36.1 Å². The Morgan fingerprint density at radius 1 is 1.29 bits per heavy atom. The maximum atomic E-state index is 13.2. The molecule has 0 radical (unpaired) electrons. The van der Waals surface area contributed by atoms with E-state index in [0.29, 0.717) is 10.9 Å². The molecule has 1 aromatic carbocycles. The molecule has 2 N–H and O–H groups in total. The number of hydrogen-bond donors (Lipinski definition) is 1. The second-order valence-electron chi connectivity index (χ2n) is 5.01. The molecule has 3 heteroatoms. The maximum Gasteiger partial charge on any atom is 0.123 e. The Morgan fingerprint density at radius 3 is 2.71 bits per heavy atom. The summed E-state index contributed by atoms with van der Waals surface area (Å²) in [7, 11) is 0. The third-order valence-corrected chi connectivity index (χ3v) is 4.01. The first kappa shape index (κ1) is 12.8. The van der Waals surface area contributed by atoms with Crippen LogP contribution in [0.1, 0.15) is 50.1 Å². The molecule has 1 aromatic rings. The van der Waals surface area contributed by atoms with Crippen LogP contribution in [0, 0.1) is 11.7 Å². The van der Waals surface area contributed by atoms with E-state index in [9.17, 15) is 4.39 Å². The second kappa shape index (κ2) is 5.83. The van der Waals surface area contributed by atoms with Gasteiger partial charge in [0.25, 0.3) is 0 Å². The van der Waals surface area contributed by atoms with Gasteiger partial charge in [0.15, 0.2) is 0 Å². The van der Waals surface area contributed by atoms with Crippen molar-refractivity contribution in [3.8, 4) is 0 Å². The highest BCUT2D eigenvalue weighted by Gasteiger charge is 2.19. The van der Waals surface area contributed by atoms with Gasteiger partial charge in [-0.25, -0.2) is 4.39 Å². The molecule has 1 fully saturated rings. The van der Waals surface area contributed by atoms with E-state index in [-0.39, 0.29) is 11.9 Å². The average molecular weight is 256 g/mol. The van der Waals surface area contributed by atoms with E-state index in [1.807, 2.05) is 0 Å². The molecule has 0 saturated heterocycles. The second-order valence-corrected chi connectivity index (χ2v) is 5.42. The molecular formula is C14H19ClFN. The summed E-state index contributed by atoms with van der Waals surface area (Å²) in [5, 5.41) is 0.578. The van der Waals surface area contributed by atoms with Crippen LogP contribution in [0.15, 0.2) is 18.2 Å². The normalized spacial score (nSPS) is 19.2. The van der Waals surface area contributed by atoms with Crippen molar-refractivity contribution < 1.29 is 4.39 Å². The van der Waals surface area contributed by atoms with Gasteiger partial charge in [-0.1, -0.05) is 43.7 Å². The molecule has 17 heavy (non-hydrogen) atoms. The predicted molar refractivity (Wildman–Crippen MR) is 69.5 cm³/mol. The Kier molecular flexibility index (Phi) is 4.41. The fourth-order valence-electron chi connectivity index (χ4n) is 2.71. The summed E-state index contributed by atoms with van der Waals surface area (Å²) in [5.41, 5.74) is 6.89. The van der Waals surface area contributed by atoms with Gasteiger partial charge < -0.3 is 5.73 Å². The maximum absolute atomic E-state index is 13.2. The van der Waals surface area contributed by atoms with Crippen LogP contribution in [0.4, 0.5) is 4.39 Å². The van der Waals surface area contributed by atoms with Gasteiger partial charge >= 0.3 is 0 Å². The lowest BCUT2D eigenvalue weighted by Gasteiger charge is -2.25. The third kappa shape index (κ3) is 3.43. The van der Waals surface area contributed by atoms with E-state index in [1.54, 1.807) is 6.07 Å². The van der Waals surface area contributed by atoms with Gasteiger partial charge in [-0.2, -0.15) is 0 Å². The Morgan fingerprint density at radius 2 is 2.00 bits per heavy atom. The van der Waals surface area contributed by atoms with Crippen LogP contribution in [-0.2, 0) is 0 Å². The van der Waals surface area contributed by atoms with Crippen LogP contribution >= 0.6 is 11.6 Å². The molecule has 0 bridgehead atoms. The van der Waals surface area contributed by atoms with E-state index in [2.05, 4.69) is 0 Å². The molecule has 0 spiro atoms. The van der Waals surface area contributed by atoms with Crippen LogP contribution in [0.25, 0.3) is 0 Å². The Bertz CT molecular complexity index is 374. The zero-order valence-electron chi connectivity index (χ0n) is 9.96. The molecule has 1 aliphatic rings. The molecule has 1 atom stereocenters. The smallest absolute Gasteiger partial charge is 0.123 e. The highest BCUT2D eigenvalue weighted by Crippen LogP contribution is 2.33. The molecule has 0 amide bonds. The summed E-state index contributed by atoms with van der Waals surface area (Å²) >= 11 is 6.06. The van der Waals surface area contributed by atoms with E-state index >= 15 is 0 Å². The number of benzene rings is 1. The molecule has 1 saturated carbocycles. The fraction of sp³-hybridized carbons (Fsp3) is 0.571. The lowest BCUT2D eigenvalue weighted by atomic mass is 9.83. The zero-order valence-corrected chi connectivity index (χ0v) is 10.7. The fourth-order valence-corrected chi connectivity index (χ4v) is 2.97. The Hall–Kier alpha value is -0.600. The molecule has 0 aliphatic heterocycles. The van der Waals surface area contributed by atoms with Crippen LogP contribution in [-0.4, -0.2) is 0 Å². The minimum atomic E-state index is -0.261. The van der Waals surface area contributed by atoms with Gasteiger partial charge in [0.05, 0.1) is 0 Å². The van der Waals surface area contributed by atoms with Gasteiger partial charge in [0.2, 0.25) is 0 Å². The quantitative estimate of drug-likeness (QED) is 0.849. The average Bonchev–Trinajstić information content (AvgIpc) is 2.33. The molecule has 2 rings (SSSR count). The molecule has 0 heterocycles. The zero-order chi connectivity index (χ0) is 12.3. The lowest BCUT2D eigenvalue weighted by Crippen LogP contribution is -2.18. The number of halogens is 2. The highest BCUT2D eigenvalue weighted by atomic mass is 35.5. The molecule has 1 aliphatic carbocycles. The van der Waals surface area contributed by atoms with Crippen LogP contribution < -0.4 is 5.73 Å². The van der Waals surface area contributed by atoms with E-state index in [4.69, 9.17) is 17.3 Å². The lowest BCUT2D eigenvalue weighted by molar-refractivity contribution is 0.319. The van der Waals surface area contributed by atoms with Crippen molar-refractivity contribution in [1.82, 2.24) is 0 Å². The minimum Gasteiger partial charge on any atom is -0.324 e. The minimum absolute atomic E-state index is 0.138. The standard InChI is InChI=1S/C14H19ClFN/c15-13-7-6-11(16)9-12(13)14(17)8-10-4-2-1-3-5-10/h6-7,9-10,14H,1-5,8,17H2. The van der Waals surface area contributed by atoms with Crippen molar-refractivity contribution in [2.75, 3.05) is 0 Å². The Labute approximate surface area is 107 Å². The highest BCUT2D eigenvalue weighted by molar-refractivity contribution is 6.31. The summed E-state index contributed by atoms with van der Waals surface area (Å²) in [6.45, 7) is 0. The number of nitrogens with two attached hydrogens (primary N) is 1.